The van der Waals surface area contributed by atoms with E-state index in [0.717, 1.165) is 24.8 Å². The number of hydrogen-bond acceptors (Lipinski definition) is 2. The highest BCUT2D eigenvalue weighted by atomic mass is 16.1. The predicted molar refractivity (Wildman–Crippen MR) is 51.9 cm³/mol. The summed E-state index contributed by atoms with van der Waals surface area (Å²) in [5.41, 5.74) is 6.68. The van der Waals surface area contributed by atoms with Crippen LogP contribution in [0.1, 0.15) is 39.5 Å². The van der Waals surface area contributed by atoms with E-state index in [9.17, 15) is 4.79 Å². The maximum absolute atomic E-state index is 11.3. The van der Waals surface area contributed by atoms with Gasteiger partial charge in [-0.05, 0) is 19.8 Å². The van der Waals surface area contributed by atoms with Gasteiger partial charge in [0.15, 0.2) is 0 Å². The van der Waals surface area contributed by atoms with E-state index in [1.807, 2.05) is 13.8 Å². The molecular formula is C10H19NO. The molecule has 12 heavy (non-hydrogen) atoms. The third kappa shape index (κ3) is 5.08. The first-order valence-electron chi connectivity index (χ1n) is 4.50. The Labute approximate surface area is 74.8 Å². The summed E-state index contributed by atoms with van der Waals surface area (Å²) in [7, 11) is 0. The monoisotopic (exact) mass is 169 g/mol. The van der Waals surface area contributed by atoms with Crippen molar-refractivity contribution in [2.45, 2.75) is 45.6 Å². The van der Waals surface area contributed by atoms with E-state index in [2.05, 4.69) is 6.58 Å². The van der Waals surface area contributed by atoms with Gasteiger partial charge < -0.3 is 5.73 Å². The van der Waals surface area contributed by atoms with Gasteiger partial charge >= 0.3 is 0 Å². The minimum absolute atomic E-state index is 0.167. The van der Waals surface area contributed by atoms with Crippen LogP contribution in [0.3, 0.4) is 0 Å². The summed E-state index contributed by atoms with van der Waals surface area (Å²) in [5, 5.41) is 0. The van der Waals surface area contributed by atoms with Crippen LogP contribution in [0.4, 0.5) is 0 Å². The number of carbonyl (C=O) groups is 1. The highest BCUT2D eigenvalue weighted by Gasteiger charge is 2.11. The second kappa shape index (κ2) is 5.95. The molecule has 0 spiro atoms. The fourth-order valence-corrected chi connectivity index (χ4v) is 0.994. The molecule has 0 aliphatic carbocycles. The lowest BCUT2D eigenvalue weighted by Crippen LogP contribution is -2.29. The van der Waals surface area contributed by atoms with Gasteiger partial charge in [0.25, 0.3) is 0 Å². The van der Waals surface area contributed by atoms with Crippen molar-refractivity contribution in [3.8, 4) is 0 Å². The SMILES string of the molecule is C=C(C)CCC(=O)C(N)CCC. The first-order chi connectivity index (χ1) is 5.57. The molecule has 0 aliphatic heterocycles. The molecule has 0 amide bonds. The van der Waals surface area contributed by atoms with Crippen LogP contribution in [0.15, 0.2) is 12.2 Å². The molecule has 2 nitrogen and oxygen atoms in total. The van der Waals surface area contributed by atoms with Crippen LogP contribution in [0, 0.1) is 0 Å². The first kappa shape index (κ1) is 11.4. The molecule has 0 aromatic rings. The standard InChI is InChI=1S/C10H19NO/c1-4-5-9(11)10(12)7-6-8(2)3/h9H,2,4-7,11H2,1,3H3. The van der Waals surface area contributed by atoms with Gasteiger partial charge in [-0.1, -0.05) is 18.9 Å². The van der Waals surface area contributed by atoms with Gasteiger partial charge in [0.1, 0.15) is 5.78 Å². The molecule has 0 aliphatic rings. The summed E-state index contributed by atoms with van der Waals surface area (Å²) in [5.74, 6) is 0.167. The van der Waals surface area contributed by atoms with Crippen molar-refractivity contribution in [3.05, 3.63) is 12.2 Å². The van der Waals surface area contributed by atoms with Crippen molar-refractivity contribution in [1.82, 2.24) is 0 Å². The number of ketones is 1. The summed E-state index contributed by atoms with van der Waals surface area (Å²) in [4.78, 5) is 11.3. The van der Waals surface area contributed by atoms with Crippen LogP contribution in [0.25, 0.3) is 0 Å². The zero-order chi connectivity index (χ0) is 9.56. The molecule has 2 heteroatoms. The Bertz CT molecular complexity index is 163. The lowest BCUT2D eigenvalue weighted by atomic mass is 10.0. The maximum atomic E-state index is 11.3. The summed E-state index contributed by atoms with van der Waals surface area (Å²) in [6.07, 6.45) is 3.10. The third-order valence-electron chi connectivity index (χ3n) is 1.81. The summed E-state index contributed by atoms with van der Waals surface area (Å²) in [6.45, 7) is 7.70. The number of carbonyl (C=O) groups excluding carboxylic acids is 1. The van der Waals surface area contributed by atoms with Crippen LogP contribution in [0.2, 0.25) is 0 Å². The van der Waals surface area contributed by atoms with Crippen molar-refractivity contribution in [3.63, 3.8) is 0 Å². The quantitative estimate of drug-likeness (QED) is 0.618. The zero-order valence-electron chi connectivity index (χ0n) is 8.10. The Morgan fingerprint density at radius 3 is 2.50 bits per heavy atom. The molecule has 70 valence electrons. The largest absolute Gasteiger partial charge is 0.322 e. The molecule has 0 fully saturated rings. The van der Waals surface area contributed by atoms with E-state index in [4.69, 9.17) is 5.73 Å². The van der Waals surface area contributed by atoms with Crippen molar-refractivity contribution >= 4 is 5.78 Å². The number of rotatable bonds is 6. The Hall–Kier alpha value is -0.630. The maximum Gasteiger partial charge on any atom is 0.149 e. The Morgan fingerprint density at radius 2 is 2.08 bits per heavy atom. The average Bonchev–Trinajstić information content (AvgIpc) is 2.00. The molecule has 1 unspecified atom stereocenters. The van der Waals surface area contributed by atoms with Crippen molar-refractivity contribution in [1.29, 1.82) is 0 Å². The normalized spacial score (nSPS) is 12.6. The predicted octanol–water partition coefficient (Wildman–Crippen LogP) is 2.04. The van der Waals surface area contributed by atoms with Gasteiger partial charge in [0.2, 0.25) is 0 Å². The van der Waals surface area contributed by atoms with Crippen molar-refractivity contribution in [2.24, 2.45) is 5.73 Å². The number of nitrogens with two attached hydrogens (primary N) is 1. The molecular weight excluding hydrogens is 150 g/mol. The Balaban J connectivity index is 3.64. The van der Waals surface area contributed by atoms with E-state index in [1.165, 1.54) is 0 Å². The molecule has 0 aromatic carbocycles. The molecule has 0 aromatic heterocycles. The minimum Gasteiger partial charge on any atom is -0.322 e. The number of Topliss-reactive ketones (excluding diaryl/α,β-unsaturated/α-hetero) is 1. The minimum atomic E-state index is -0.255. The Morgan fingerprint density at radius 1 is 1.50 bits per heavy atom. The van der Waals surface area contributed by atoms with E-state index >= 15 is 0 Å². The first-order valence-corrected chi connectivity index (χ1v) is 4.50. The molecule has 0 radical (unpaired) electrons. The van der Waals surface area contributed by atoms with Crippen LogP contribution in [-0.4, -0.2) is 11.8 Å². The summed E-state index contributed by atoms with van der Waals surface area (Å²) >= 11 is 0. The van der Waals surface area contributed by atoms with Gasteiger partial charge in [0, 0.05) is 6.42 Å². The van der Waals surface area contributed by atoms with Gasteiger partial charge in [-0.25, -0.2) is 0 Å². The van der Waals surface area contributed by atoms with Gasteiger partial charge in [-0.15, -0.1) is 6.58 Å². The van der Waals surface area contributed by atoms with E-state index in [-0.39, 0.29) is 11.8 Å². The molecule has 2 N–H and O–H groups in total. The fourth-order valence-electron chi connectivity index (χ4n) is 0.994. The van der Waals surface area contributed by atoms with Crippen molar-refractivity contribution < 1.29 is 4.79 Å². The van der Waals surface area contributed by atoms with Crippen LogP contribution < -0.4 is 5.73 Å². The van der Waals surface area contributed by atoms with Gasteiger partial charge in [-0.2, -0.15) is 0 Å². The van der Waals surface area contributed by atoms with Crippen molar-refractivity contribution in [2.75, 3.05) is 0 Å². The van der Waals surface area contributed by atoms with Crippen LogP contribution in [0.5, 0.6) is 0 Å². The molecule has 0 rings (SSSR count). The highest BCUT2D eigenvalue weighted by Crippen LogP contribution is 2.05. The average molecular weight is 169 g/mol. The number of hydrogen-bond donors (Lipinski definition) is 1. The summed E-state index contributed by atoms with van der Waals surface area (Å²) in [6, 6.07) is -0.255. The highest BCUT2D eigenvalue weighted by molar-refractivity contribution is 5.83. The lowest BCUT2D eigenvalue weighted by Gasteiger charge is -2.08. The van der Waals surface area contributed by atoms with Gasteiger partial charge in [-0.3, -0.25) is 4.79 Å². The lowest BCUT2D eigenvalue weighted by molar-refractivity contribution is -0.120. The zero-order valence-corrected chi connectivity index (χ0v) is 8.10. The van der Waals surface area contributed by atoms with Crippen LogP contribution in [-0.2, 0) is 4.79 Å². The van der Waals surface area contributed by atoms with Gasteiger partial charge in [0.05, 0.1) is 6.04 Å². The molecule has 0 heterocycles. The number of allylic oxidation sites excluding steroid dienone is 1. The molecule has 0 saturated carbocycles. The molecule has 0 bridgehead atoms. The topological polar surface area (TPSA) is 43.1 Å². The smallest absolute Gasteiger partial charge is 0.149 e. The second-order valence-corrected chi connectivity index (χ2v) is 3.32. The van der Waals surface area contributed by atoms with E-state index in [0.29, 0.717) is 6.42 Å². The third-order valence-corrected chi connectivity index (χ3v) is 1.81. The Kier molecular flexibility index (Phi) is 5.64. The van der Waals surface area contributed by atoms with E-state index < -0.39 is 0 Å². The van der Waals surface area contributed by atoms with Crippen LogP contribution >= 0.6 is 0 Å². The molecule has 0 saturated heterocycles. The second-order valence-electron chi connectivity index (χ2n) is 3.32. The fraction of sp³-hybridized carbons (Fsp3) is 0.700. The van der Waals surface area contributed by atoms with E-state index in [1.54, 1.807) is 0 Å². The summed E-state index contributed by atoms with van der Waals surface area (Å²) < 4.78 is 0. The molecule has 1 atom stereocenters.